The van der Waals surface area contributed by atoms with Gasteiger partial charge in [0.25, 0.3) is 5.91 Å². The molecular weight excluding hydrogens is 394 g/mol. The first-order valence-corrected chi connectivity index (χ1v) is 9.60. The summed E-state index contributed by atoms with van der Waals surface area (Å²) < 4.78 is 0.766. The average Bonchev–Trinajstić information content (AvgIpc) is 2.81. The van der Waals surface area contributed by atoms with Crippen molar-refractivity contribution in [2.24, 2.45) is 0 Å². The Bertz CT molecular complexity index is 847. The maximum Gasteiger partial charge on any atom is 0.264 e. The van der Waals surface area contributed by atoms with E-state index < -0.39 is 11.5 Å². The highest BCUT2D eigenvalue weighted by atomic mass is 79.9. The number of Topliss-reactive ketones (excluding diaryl/α,β-unsaturated/α-hetero) is 1. The van der Waals surface area contributed by atoms with Crippen LogP contribution in [-0.2, 0) is 10.4 Å². The van der Waals surface area contributed by atoms with E-state index in [-0.39, 0.29) is 12.2 Å². The number of hydrogen-bond donors (Lipinski definition) is 1. The summed E-state index contributed by atoms with van der Waals surface area (Å²) in [4.78, 5) is 27.4. The van der Waals surface area contributed by atoms with Crippen molar-refractivity contribution in [3.05, 3.63) is 63.6 Å². The lowest BCUT2D eigenvalue weighted by molar-refractivity contribution is -0.135. The molecule has 1 aliphatic heterocycles. The van der Waals surface area contributed by atoms with Crippen LogP contribution in [0.15, 0.2) is 46.9 Å². The summed E-state index contributed by atoms with van der Waals surface area (Å²) in [5.74, 6) is -0.663. The van der Waals surface area contributed by atoms with Crippen LogP contribution in [0.25, 0.3) is 0 Å². The number of hydrogen-bond acceptors (Lipinski definition) is 3. The highest BCUT2D eigenvalue weighted by molar-refractivity contribution is 9.10. The third-order valence-corrected chi connectivity index (χ3v) is 5.31. The van der Waals surface area contributed by atoms with Crippen LogP contribution in [0.3, 0.4) is 0 Å². The van der Waals surface area contributed by atoms with Crippen molar-refractivity contribution in [3.8, 4) is 0 Å². The van der Waals surface area contributed by atoms with Gasteiger partial charge < -0.3 is 10.0 Å². The molecule has 5 heteroatoms. The summed E-state index contributed by atoms with van der Waals surface area (Å²) in [6.07, 6.45) is 1.51. The minimum atomic E-state index is -1.82. The van der Waals surface area contributed by atoms with Gasteiger partial charge in [0.1, 0.15) is 0 Å². The summed E-state index contributed by atoms with van der Waals surface area (Å²) in [5, 5.41) is 11.3. The summed E-state index contributed by atoms with van der Waals surface area (Å²) in [6.45, 7) is 4.53. The van der Waals surface area contributed by atoms with Crippen molar-refractivity contribution in [2.45, 2.75) is 38.7 Å². The first kappa shape index (κ1) is 18.8. The second-order valence-electron chi connectivity index (χ2n) is 6.80. The van der Waals surface area contributed by atoms with Crippen LogP contribution in [0.4, 0.5) is 5.69 Å². The topological polar surface area (TPSA) is 57.6 Å². The summed E-state index contributed by atoms with van der Waals surface area (Å²) in [5.41, 5.74) is 0.909. The minimum absolute atomic E-state index is 0.246. The Hall–Kier alpha value is -1.98. The number of amides is 1. The number of aryl methyl sites for hydroxylation is 1. The lowest BCUT2D eigenvalue weighted by Crippen LogP contribution is -2.42. The molecule has 0 saturated carbocycles. The summed E-state index contributed by atoms with van der Waals surface area (Å²) in [7, 11) is 0. The summed E-state index contributed by atoms with van der Waals surface area (Å²) >= 11 is 3.40. The molecule has 0 aromatic heterocycles. The van der Waals surface area contributed by atoms with Crippen molar-refractivity contribution >= 4 is 33.3 Å². The number of fused-ring (bicyclic) bond motifs is 1. The Labute approximate surface area is 162 Å². The molecule has 0 bridgehead atoms. The number of rotatable bonds is 6. The Kier molecular flexibility index (Phi) is 5.30. The van der Waals surface area contributed by atoms with Crippen molar-refractivity contribution in [1.29, 1.82) is 0 Å². The Morgan fingerprint density at radius 3 is 2.54 bits per heavy atom. The molecule has 1 atom stereocenters. The monoisotopic (exact) mass is 415 g/mol. The number of anilines is 1. The number of aliphatic hydroxyl groups is 1. The number of carbonyl (C=O) groups is 2. The molecule has 0 spiro atoms. The zero-order valence-electron chi connectivity index (χ0n) is 15.0. The molecule has 1 aliphatic rings. The van der Waals surface area contributed by atoms with Crippen LogP contribution < -0.4 is 4.90 Å². The number of nitrogens with zero attached hydrogens (tertiary/aromatic N) is 1. The van der Waals surface area contributed by atoms with Crippen molar-refractivity contribution in [3.63, 3.8) is 0 Å². The maximum atomic E-state index is 13.0. The van der Waals surface area contributed by atoms with E-state index in [9.17, 15) is 14.7 Å². The van der Waals surface area contributed by atoms with Crippen molar-refractivity contribution < 1.29 is 14.7 Å². The molecule has 3 rings (SSSR count). The molecule has 0 aliphatic carbocycles. The predicted molar refractivity (Wildman–Crippen MR) is 105 cm³/mol. The second-order valence-corrected chi connectivity index (χ2v) is 7.71. The van der Waals surface area contributed by atoms with Gasteiger partial charge in [0.15, 0.2) is 11.4 Å². The molecule has 0 radical (unpaired) electrons. The Morgan fingerprint density at radius 1 is 1.19 bits per heavy atom. The molecule has 2 aromatic rings. The van der Waals surface area contributed by atoms with Crippen LogP contribution in [0.5, 0.6) is 0 Å². The minimum Gasteiger partial charge on any atom is -0.375 e. The van der Waals surface area contributed by atoms with Crippen LogP contribution in [0.1, 0.15) is 47.7 Å². The number of carbonyl (C=O) groups excluding carboxylic acids is 2. The number of ketones is 1. The molecule has 0 fully saturated rings. The average molecular weight is 416 g/mol. The lowest BCUT2D eigenvalue weighted by atomic mass is 9.88. The van der Waals surface area contributed by atoms with Crippen LogP contribution >= 0.6 is 15.9 Å². The number of unbranched alkanes of at least 4 members (excludes halogenated alkanes) is 1. The standard InChI is InChI=1S/C21H22BrNO3/c1-3-4-11-23-18-10-9-16(22)12-17(18)21(26,20(23)25)13-19(24)15-7-5-14(2)6-8-15/h5-10,12,26H,3-4,11,13H2,1-2H3/t21-/m0/s1. The van der Waals surface area contributed by atoms with Gasteiger partial charge in [-0.2, -0.15) is 0 Å². The van der Waals surface area contributed by atoms with Gasteiger partial charge in [-0.25, -0.2) is 0 Å². The van der Waals surface area contributed by atoms with Gasteiger partial charge in [-0.05, 0) is 31.5 Å². The normalized spacial score (nSPS) is 18.9. The zero-order chi connectivity index (χ0) is 18.9. The van der Waals surface area contributed by atoms with E-state index in [1.165, 1.54) is 0 Å². The van der Waals surface area contributed by atoms with E-state index >= 15 is 0 Å². The number of halogens is 1. The molecule has 1 amide bonds. The van der Waals surface area contributed by atoms with Gasteiger partial charge in [0.05, 0.1) is 12.1 Å². The lowest BCUT2D eigenvalue weighted by Gasteiger charge is -2.22. The highest BCUT2D eigenvalue weighted by Gasteiger charge is 2.50. The van der Waals surface area contributed by atoms with Gasteiger partial charge in [-0.1, -0.05) is 59.1 Å². The van der Waals surface area contributed by atoms with Crippen LogP contribution in [0.2, 0.25) is 0 Å². The zero-order valence-corrected chi connectivity index (χ0v) is 16.5. The molecule has 4 nitrogen and oxygen atoms in total. The quantitative estimate of drug-likeness (QED) is 0.712. The maximum absolute atomic E-state index is 13.0. The second kappa shape index (κ2) is 7.33. The van der Waals surface area contributed by atoms with E-state index in [0.717, 1.165) is 22.9 Å². The van der Waals surface area contributed by atoms with Crippen LogP contribution in [0, 0.1) is 6.92 Å². The predicted octanol–water partition coefficient (Wildman–Crippen LogP) is 4.36. The highest BCUT2D eigenvalue weighted by Crippen LogP contribution is 2.44. The Morgan fingerprint density at radius 2 is 1.88 bits per heavy atom. The van der Waals surface area contributed by atoms with Gasteiger partial charge in [0, 0.05) is 22.1 Å². The van der Waals surface area contributed by atoms with Gasteiger partial charge in [0.2, 0.25) is 0 Å². The Balaban J connectivity index is 1.96. The first-order chi connectivity index (χ1) is 12.4. The molecule has 0 unspecified atom stereocenters. The molecule has 1 heterocycles. The molecule has 2 aromatic carbocycles. The fourth-order valence-corrected chi connectivity index (χ4v) is 3.67. The van der Waals surface area contributed by atoms with Gasteiger partial charge in [-0.15, -0.1) is 0 Å². The molecular formula is C21H22BrNO3. The van der Waals surface area contributed by atoms with Crippen molar-refractivity contribution in [1.82, 2.24) is 0 Å². The third kappa shape index (κ3) is 3.33. The van der Waals surface area contributed by atoms with E-state index in [2.05, 4.69) is 22.9 Å². The van der Waals surface area contributed by atoms with E-state index in [1.54, 1.807) is 23.1 Å². The molecule has 26 heavy (non-hydrogen) atoms. The van der Waals surface area contributed by atoms with Crippen molar-refractivity contribution in [2.75, 3.05) is 11.4 Å². The third-order valence-electron chi connectivity index (χ3n) is 4.82. The molecule has 136 valence electrons. The molecule has 1 N–H and O–H groups in total. The SMILES string of the molecule is CCCCN1C(=O)[C@](O)(CC(=O)c2ccc(C)cc2)c2cc(Br)ccc21. The van der Waals surface area contributed by atoms with Gasteiger partial charge >= 0.3 is 0 Å². The van der Waals surface area contributed by atoms with E-state index in [1.807, 2.05) is 31.2 Å². The first-order valence-electron chi connectivity index (χ1n) is 8.81. The van der Waals surface area contributed by atoms with E-state index in [0.29, 0.717) is 23.4 Å². The largest absolute Gasteiger partial charge is 0.375 e. The van der Waals surface area contributed by atoms with Crippen LogP contribution in [-0.4, -0.2) is 23.3 Å². The van der Waals surface area contributed by atoms with E-state index in [4.69, 9.17) is 0 Å². The molecule has 0 saturated heterocycles. The van der Waals surface area contributed by atoms with Gasteiger partial charge in [-0.3, -0.25) is 9.59 Å². The number of benzene rings is 2. The fourth-order valence-electron chi connectivity index (χ4n) is 3.31. The smallest absolute Gasteiger partial charge is 0.264 e. The summed E-state index contributed by atoms with van der Waals surface area (Å²) in [6, 6.07) is 12.6. The fraction of sp³-hybridized carbons (Fsp3) is 0.333.